The normalized spacial score (nSPS) is 10.3. The molecule has 0 amide bonds. The van der Waals surface area contributed by atoms with E-state index in [1.165, 1.54) is 0 Å². The van der Waals surface area contributed by atoms with Crippen molar-refractivity contribution in [2.75, 3.05) is 19.4 Å². The van der Waals surface area contributed by atoms with Gasteiger partial charge in [0.2, 0.25) is 0 Å². The molecule has 0 aliphatic heterocycles. The highest BCUT2D eigenvalue weighted by molar-refractivity contribution is 7.16. The summed E-state index contributed by atoms with van der Waals surface area (Å²) in [6.45, 7) is 0.167. The molecule has 1 atom stereocenters. The fraction of sp³-hybridized carbons (Fsp3) is 1.00. The molecule has 0 heterocycles. The van der Waals surface area contributed by atoms with Crippen molar-refractivity contribution in [2.24, 2.45) is 5.92 Å². The average Bonchev–Trinajstić information content (AvgIpc) is 1.72. The van der Waals surface area contributed by atoms with E-state index < -0.39 is 0 Å². The standard InChI is InChI=1S/C4H11O2P/c5-1-4(2-6)3-7/h4-6H,1-3,7H2. The number of hydrogen-bond donors (Lipinski definition) is 2. The van der Waals surface area contributed by atoms with Crippen LogP contribution < -0.4 is 0 Å². The van der Waals surface area contributed by atoms with E-state index in [-0.39, 0.29) is 19.1 Å². The van der Waals surface area contributed by atoms with E-state index in [0.717, 1.165) is 6.16 Å². The Morgan fingerprint density at radius 2 is 1.71 bits per heavy atom. The largest absolute Gasteiger partial charge is 0.396 e. The van der Waals surface area contributed by atoms with Gasteiger partial charge >= 0.3 is 0 Å². The van der Waals surface area contributed by atoms with Crippen LogP contribution in [0.25, 0.3) is 0 Å². The lowest BCUT2D eigenvalue weighted by atomic mass is 10.2. The van der Waals surface area contributed by atoms with Crippen molar-refractivity contribution in [2.45, 2.75) is 0 Å². The van der Waals surface area contributed by atoms with Crippen molar-refractivity contribution in [3.05, 3.63) is 0 Å². The zero-order valence-electron chi connectivity index (χ0n) is 4.17. The Morgan fingerprint density at radius 3 is 1.71 bits per heavy atom. The lowest BCUT2D eigenvalue weighted by Gasteiger charge is -2.03. The molecule has 44 valence electrons. The molecule has 1 unspecified atom stereocenters. The number of hydrogen-bond acceptors (Lipinski definition) is 2. The van der Waals surface area contributed by atoms with Crippen LogP contribution in [0.4, 0.5) is 0 Å². The highest BCUT2D eigenvalue weighted by Crippen LogP contribution is 1.96. The summed E-state index contributed by atoms with van der Waals surface area (Å²) in [6, 6.07) is 0. The van der Waals surface area contributed by atoms with Gasteiger partial charge in [-0.2, -0.15) is 0 Å². The first-order valence-corrected chi connectivity index (χ1v) is 3.08. The smallest absolute Gasteiger partial charge is 0.0484 e. The molecule has 0 aromatic carbocycles. The summed E-state index contributed by atoms with van der Waals surface area (Å²) < 4.78 is 0. The molecular formula is C4H11O2P. The Hall–Kier alpha value is 0.350. The molecule has 0 aliphatic rings. The predicted molar refractivity (Wildman–Crippen MR) is 32.2 cm³/mol. The minimum absolute atomic E-state index is 0.0602. The SMILES string of the molecule is OCC(CO)CP. The molecule has 0 aromatic heterocycles. The Balaban J connectivity index is 2.99. The maximum Gasteiger partial charge on any atom is 0.0484 e. The third kappa shape index (κ3) is 2.98. The molecule has 0 bridgehead atoms. The molecule has 7 heavy (non-hydrogen) atoms. The van der Waals surface area contributed by atoms with Gasteiger partial charge in [-0.25, -0.2) is 0 Å². The van der Waals surface area contributed by atoms with Gasteiger partial charge in [0.25, 0.3) is 0 Å². The van der Waals surface area contributed by atoms with Crippen molar-refractivity contribution < 1.29 is 10.2 Å². The summed E-state index contributed by atoms with van der Waals surface area (Å²) in [5.74, 6) is 0.0602. The fourth-order valence-electron chi connectivity index (χ4n) is 0.207. The van der Waals surface area contributed by atoms with Gasteiger partial charge in [-0.1, -0.05) is 0 Å². The second kappa shape index (κ2) is 4.51. The quantitative estimate of drug-likeness (QED) is 0.494. The van der Waals surface area contributed by atoms with Gasteiger partial charge < -0.3 is 10.2 Å². The van der Waals surface area contributed by atoms with Crippen molar-refractivity contribution in [1.29, 1.82) is 0 Å². The van der Waals surface area contributed by atoms with Gasteiger partial charge in [0, 0.05) is 19.1 Å². The van der Waals surface area contributed by atoms with Gasteiger partial charge in [-0.05, 0) is 6.16 Å². The van der Waals surface area contributed by atoms with Gasteiger partial charge in [0.15, 0.2) is 0 Å². The molecule has 0 fully saturated rings. The first-order valence-electron chi connectivity index (χ1n) is 2.27. The Bertz CT molecular complexity index is 31.2. The van der Waals surface area contributed by atoms with E-state index in [1.54, 1.807) is 0 Å². The summed E-state index contributed by atoms with van der Waals surface area (Å²) in [5.41, 5.74) is 0. The molecule has 0 saturated carbocycles. The van der Waals surface area contributed by atoms with Crippen LogP contribution in [0.2, 0.25) is 0 Å². The van der Waals surface area contributed by atoms with Crippen molar-refractivity contribution in [3.8, 4) is 0 Å². The molecule has 2 N–H and O–H groups in total. The first-order chi connectivity index (χ1) is 3.35. The van der Waals surface area contributed by atoms with Crippen LogP contribution >= 0.6 is 9.24 Å². The van der Waals surface area contributed by atoms with E-state index in [9.17, 15) is 0 Å². The zero-order valence-corrected chi connectivity index (χ0v) is 5.33. The maximum absolute atomic E-state index is 8.35. The fourth-order valence-corrected chi connectivity index (χ4v) is 0.505. The minimum atomic E-state index is 0.0602. The van der Waals surface area contributed by atoms with Crippen LogP contribution in [-0.2, 0) is 0 Å². The second-order valence-electron chi connectivity index (χ2n) is 1.47. The number of aliphatic hydroxyl groups excluding tert-OH is 2. The van der Waals surface area contributed by atoms with E-state index in [0.29, 0.717) is 0 Å². The molecule has 0 spiro atoms. The van der Waals surface area contributed by atoms with Crippen LogP contribution in [0, 0.1) is 5.92 Å². The Labute approximate surface area is 45.8 Å². The summed E-state index contributed by atoms with van der Waals surface area (Å²) in [4.78, 5) is 0. The zero-order chi connectivity index (χ0) is 5.70. The van der Waals surface area contributed by atoms with Crippen molar-refractivity contribution in [1.82, 2.24) is 0 Å². The van der Waals surface area contributed by atoms with E-state index >= 15 is 0 Å². The average molecular weight is 122 g/mol. The molecule has 2 nitrogen and oxygen atoms in total. The highest BCUT2D eigenvalue weighted by atomic mass is 31.0. The third-order valence-corrected chi connectivity index (χ3v) is 1.52. The summed E-state index contributed by atoms with van der Waals surface area (Å²) >= 11 is 0. The van der Waals surface area contributed by atoms with Crippen molar-refractivity contribution in [3.63, 3.8) is 0 Å². The summed E-state index contributed by atoms with van der Waals surface area (Å²) in [7, 11) is 2.46. The number of aliphatic hydroxyl groups is 2. The molecule has 0 rings (SSSR count). The lowest BCUT2D eigenvalue weighted by molar-refractivity contribution is 0.164. The monoisotopic (exact) mass is 122 g/mol. The molecule has 0 saturated heterocycles. The summed E-state index contributed by atoms with van der Waals surface area (Å²) in [6.07, 6.45) is 0.771. The Kier molecular flexibility index (Phi) is 4.73. The molecule has 3 heteroatoms. The number of rotatable bonds is 3. The van der Waals surface area contributed by atoms with Gasteiger partial charge in [-0.3, -0.25) is 0 Å². The minimum Gasteiger partial charge on any atom is -0.396 e. The first kappa shape index (κ1) is 7.35. The maximum atomic E-state index is 8.35. The van der Waals surface area contributed by atoms with Crippen LogP contribution in [0.15, 0.2) is 0 Å². The van der Waals surface area contributed by atoms with E-state index in [1.807, 2.05) is 0 Å². The molecule has 0 aliphatic carbocycles. The van der Waals surface area contributed by atoms with Crippen LogP contribution in [0.1, 0.15) is 0 Å². The summed E-state index contributed by atoms with van der Waals surface area (Å²) in [5, 5.41) is 16.7. The van der Waals surface area contributed by atoms with Gasteiger partial charge in [0.1, 0.15) is 0 Å². The van der Waals surface area contributed by atoms with Crippen LogP contribution in [-0.4, -0.2) is 29.6 Å². The van der Waals surface area contributed by atoms with Crippen LogP contribution in [0.5, 0.6) is 0 Å². The van der Waals surface area contributed by atoms with E-state index in [4.69, 9.17) is 10.2 Å². The van der Waals surface area contributed by atoms with Crippen LogP contribution in [0.3, 0.4) is 0 Å². The predicted octanol–water partition coefficient (Wildman–Crippen LogP) is -0.538. The lowest BCUT2D eigenvalue weighted by Crippen LogP contribution is -2.11. The third-order valence-electron chi connectivity index (χ3n) is 0.850. The second-order valence-corrected chi connectivity index (χ2v) is 1.94. The van der Waals surface area contributed by atoms with Gasteiger partial charge in [-0.15, -0.1) is 9.24 Å². The molecule has 0 radical (unpaired) electrons. The molecular weight excluding hydrogens is 111 g/mol. The Morgan fingerprint density at radius 1 is 1.29 bits per heavy atom. The topological polar surface area (TPSA) is 40.5 Å². The van der Waals surface area contributed by atoms with Crippen molar-refractivity contribution >= 4 is 9.24 Å². The molecule has 0 aromatic rings. The highest BCUT2D eigenvalue weighted by Gasteiger charge is 1.98. The van der Waals surface area contributed by atoms with E-state index in [2.05, 4.69) is 9.24 Å². The van der Waals surface area contributed by atoms with Gasteiger partial charge in [0.05, 0.1) is 0 Å².